The highest BCUT2D eigenvalue weighted by Crippen LogP contribution is 1.84. The van der Waals surface area contributed by atoms with Gasteiger partial charge in [0.2, 0.25) is 0 Å². The zero-order chi connectivity index (χ0) is 6.57. The van der Waals surface area contributed by atoms with Gasteiger partial charge in [0.25, 0.3) is 0 Å². The largest absolute Gasteiger partial charge is 0.382 e. The summed E-state index contributed by atoms with van der Waals surface area (Å²) in [7, 11) is 1.19. The summed E-state index contributed by atoms with van der Waals surface area (Å²) in [5.74, 6) is -0.785. The Morgan fingerprint density at radius 1 is 1.75 bits per heavy atom. The predicted molar refractivity (Wildman–Crippen MR) is 24.8 cm³/mol. The van der Waals surface area contributed by atoms with Gasteiger partial charge >= 0.3 is 5.97 Å². The highest BCUT2D eigenvalue weighted by atomic mass is 17.2. The fourth-order valence-electron chi connectivity index (χ4n) is 0.152. The minimum atomic E-state index is -1.12. The molecule has 0 aromatic rings. The van der Waals surface area contributed by atoms with Gasteiger partial charge in [0, 0.05) is 0 Å². The topological polar surface area (TPSA) is 55.8 Å². The molecule has 4 heteroatoms. The van der Waals surface area contributed by atoms with Crippen LogP contribution in [0.1, 0.15) is 6.92 Å². The van der Waals surface area contributed by atoms with Crippen molar-refractivity contribution in [3.63, 3.8) is 0 Å². The molecule has 0 saturated heterocycles. The van der Waals surface area contributed by atoms with E-state index < -0.39 is 12.1 Å². The highest BCUT2D eigenvalue weighted by Gasteiger charge is 2.09. The maximum atomic E-state index is 10.1. The Morgan fingerprint density at radius 3 is 2.38 bits per heavy atom. The molecule has 0 amide bonds. The quantitative estimate of drug-likeness (QED) is 0.393. The van der Waals surface area contributed by atoms with E-state index in [9.17, 15) is 4.79 Å². The average molecular weight is 120 g/mol. The Kier molecular flexibility index (Phi) is 3.14. The van der Waals surface area contributed by atoms with E-state index in [-0.39, 0.29) is 0 Å². The Bertz CT molecular complexity index is 78.1. The van der Waals surface area contributed by atoms with Gasteiger partial charge in [-0.3, -0.25) is 4.89 Å². The van der Waals surface area contributed by atoms with Gasteiger partial charge in [0.1, 0.15) is 0 Å². The molecular formula is C4H8O4. The van der Waals surface area contributed by atoms with Gasteiger partial charge in [0.05, 0.1) is 7.11 Å². The van der Waals surface area contributed by atoms with Crippen molar-refractivity contribution in [1.82, 2.24) is 0 Å². The summed E-state index contributed by atoms with van der Waals surface area (Å²) >= 11 is 0. The van der Waals surface area contributed by atoms with Gasteiger partial charge in [0.15, 0.2) is 6.10 Å². The van der Waals surface area contributed by atoms with Crippen LogP contribution in [0.2, 0.25) is 0 Å². The molecule has 0 spiro atoms. The maximum absolute atomic E-state index is 10.1. The van der Waals surface area contributed by atoms with Crippen LogP contribution in [-0.4, -0.2) is 24.3 Å². The molecule has 0 fully saturated rings. The molecule has 0 bridgehead atoms. The first kappa shape index (κ1) is 7.39. The Morgan fingerprint density at radius 2 is 2.25 bits per heavy atom. The van der Waals surface area contributed by atoms with Crippen LogP contribution in [-0.2, 0) is 14.6 Å². The van der Waals surface area contributed by atoms with Crippen molar-refractivity contribution < 1.29 is 19.7 Å². The second-order valence-electron chi connectivity index (χ2n) is 1.25. The lowest BCUT2D eigenvalue weighted by molar-refractivity contribution is -0.261. The van der Waals surface area contributed by atoms with Crippen molar-refractivity contribution in [1.29, 1.82) is 0 Å². The molecule has 0 aliphatic carbocycles. The third-order valence-electron chi connectivity index (χ3n) is 0.507. The van der Waals surface area contributed by atoms with Gasteiger partial charge < -0.3 is 5.11 Å². The molecule has 4 nitrogen and oxygen atoms in total. The average Bonchev–Trinajstić information content (AvgIpc) is 1.67. The zero-order valence-electron chi connectivity index (χ0n) is 4.75. The predicted octanol–water partition coefficient (Wildman–Crippen LogP) is -0.528. The van der Waals surface area contributed by atoms with E-state index in [1.807, 2.05) is 0 Å². The highest BCUT2D eigenvalue weighted by molar-refractivity contribution is 5.73. The third-order valence-corrected chi connectivity index (χ3v) is 0.507. The van der Waals surface area contributed by atoms with Gasteiger partial charge in [-0.05, 0) is 6.92 Å². The van der Waals surface area contributed by atoms with E-state index in [2.05, 4.69) is 9.78 Å². The number of carbonyl (C=O) groups is 1. The van der Waals surface area contributed by atoms with E-state index in [0.29, 0.717) is 0 Å². The van der Waals surface area contributed by atoms with E-state index in [0.717, 1.165) is 0 Å². The van der Waals surface area contributed by atoms with E-state index >= 15 is 0 Å². The third kappa shape index (κ3) is 2.54. The van der Waals surface area contributed by atoms with Crippen molar-refractivity contribution in [2.75, 3.05) is 7.11 Å². The molecule has 8 heavy (non-hydrogen) atoms. The van der Waals surface area contributed by atoms with Crippen molar-refractivity contribution in [3.8, 4) is 0 Å². The van der Waals surface area contributed by atoms with E-state index in [4.69, 9.17) is 5.11 Å². The first-order valence-electron chi connectivity index (χ1n) is 2.11. The number of hydrogen-bond acceptors (Lipinski definition) is 4. The van der Waals surface area contributed by atoms with Crippen LogP contribution in [0.3, 0.4) is 0 Å². The summed E-state index contributed by atoms with van der Waals surface area (Å²) in [6.45, 7) is 1.29. The Balaban J connectivity index is 3.33. The smallest absolute Gasteiger partial charge is 0.370 e. The first-order chi connectivity index (χ1) is 3.68. The lowest BCUT2D eigenvalue weighted by atomic mass is 10.4. The normalized spacial score (nSPS) is 12.9. The van der Waals surface area contributed by atoms with Crippen LogP contribution < -0.4 is 0 Å². The molecule has 0 aliphatic rings. The number of hydrogen-bond donors (Lipinski definition) is 1. The molecule has 0 radical (unpaired) electrons. The Labute approximate surface area is 46.9 Å². The molecule has 0 aromatic carbocycles. The van der Waals surface area contributed by atoms with Crippen molar-refractivity contribution in [2.24, 2.45) is 0 Å². The number of aliphatic hydroxyl groups is 1. The van der Waals surface area contributed by atoms with Crippen molar-refractivity contribution >= 4 is 5.97 Å². The Hall–Kier alpha value is -0.610. The lowest BCUT2D eigenvalue weighted by Gasteiger charge is -1.99. The monoisotopic (exact) mass is 120 g/mol. The summed E-state index contributed by atoms with van der Waals surface area (Å²) in [4.78, 5) is 18.0. The molecule has 0 heterocycles. The van der Waals surface area contributed by atoms with Crippen LogP contribution in [0.15, 0.2) is 0 Å². The summed E-state index contributed by atoms with van der Waals surface area (Å²) in [5, 5.41) is 8.40. The molecule has 1 unspecified atom stereocenters. The summed E-state index contributed by atoms with van der Waals surface area (Å²) in [6, 6.07) is 0. The van der Waals surface area contributed by atoms with Crippen LogP contribution in [0.4, 0.5) is 0 Å². The van der Waals surface area contributed by atoms with Gasteiger partial charge in [-0.2, -0.15) is 4.89 Å². The number of carbonyl (C=O) groups excluding carboxylic acids is 1. The first-order valence-corrected chi connectivity index (χ1v) is 2.11. The molecule has 0 rings (SSSR count). The lowest BCUT2D eigenvalue weighted by Crippen LogP contribution is -2.18. The summed E-state index contributed by atoms with van der Waals surface area (Å²) in [6.07, 6.45) is -1.12. The summed E-state index contributed by atoms with van der Waals surface area (Å²) < 4.78 is 0. The zero-order valence-corrected chi connectivity index (χ0v) is 4.75. The van der Waals surface area contributed by atoms with Crippen LogP contribution in [0.5, 0.6) is 0 Å². The minimum absolute atomic E-state index is 0.785. The second kappa shape index (κ2) is 3.40. The second-order valence-corrected chi connectivity index (χ2v) is 1.25. The number of rotatable bonds is 2. The fraction of sp³-hybridized carbons (Fsp3) is 0.750. The summed E-state index contributed by atoms with van der Waals surface area (Å²) in [5.41, 5.74) is 0. The molecule has 0 aromatic heterocycles. The molecule has 1 N–H and O–H groups in total. The van der Waals surface area contributed by atoms with Gasteiger partial charge in [-0.15, -0.1) is 0 Å². The molecule has 1 atom stereocenters. The van der Waals surface area contributed by atoms with Crippen LogP contribution >= 0.6 is 0 Å². The molecule has 48 valence electrons. The van der Waals surface area contributed by atoms with Gasteiger partial charge in [-0.1, -0.05) is 0 Å². The van der Waals surface area contributed by atoms with Crippen LogP contribution in [0.25, 0.3) is 0 Å². The molecular weight excluding hydrogens is 112 g/mol. The standard InChI is InChI=1S/C4H8O4/c1-3(5)4(6)8-7-2/h3,5H,1-2H3. The van der Waals surface area contributed by atoms with E-state index in [1.54, 1.807) is 0 Å². The maximum Gasteiger partial charge on any atom is 0.370 e. The minimum Gasteiger partial charge on any atom is -0.382 e. The molecule has 0 aliphatic heterocycles. The van der Waals surface area contributed by atoms with Crippen molar-refractivity contribution in [3.05, 3.63) is 0 Å². The number of aliphatic hydroxyl groups excluding tert-OH is 1. The van der Waals surface area contributed by atoms with Gasteiger partial charge in [-0.25, -0.2) is 4.79 Å². The van der Waals surface area contributed by atoms with E-state index in [1.165, 1.54) is 14.0 Å². The van der Waals surface area contributed by atoms with Crippen molar-refractivity contribution in [2.45, 2.75) is 13.0 Å². The molecule has 0 saturated carbocycles. The van der Waals surface area contributed by atoms with Crippen LogP contribution in [0, 0.1) is 0 Å². The SMILES string of the molecule is COOC(=O)C(C)O. The fourth-order valence-corrected chi connectivity index (χ4v) is 0.152.